The van der Waals surface area contributed by atoms with Crippen molar-refractivity contribution in [2.24, 2.45) is 28.8 Å². The van der Waals surface area contributed by atoms with E-state index in [1.807, 2.05) is 0 Å². The number of carbonyl (C=O) groups excluding carboxylic acids is 2. The number of amides is 2. The molecule has 2 bridgehead atoms. The minimum Gasteiger partial charge on any atom is -0.493 e. The summed E-state index contributed by atoms with van der Waals surface area (Å²) in [7, 11) is 3.10. The van der Waals surface area contributed by atoms with E-state index in [0.29, 0.717) is 17.1 Å². The number of methoxy groups -OCH3 is 2. The molecule has 1 saturated heterocycles. The Balaban J connectivity index is 1.61. The van der Waals surface area contributed by atoms with Crippen LogP contribution in [-0.4, -0.2) is 37.3 Å². The Bertz CT molecular complexity index is 790. The summed E-state index contributed by atoms with van der Waals surface area (Å²) in [6.07, 6.45) is 6.54. The zero-order valence-electron chi connectivity index (χ0n) is 13.8. The van der Waals surface area contributed by atoms with E-state index in [9.17, 15) is 9.59 Å². The molecule has 0 unspecified atom stereocenters. The summed E-state index contributed by atoms with van der Waals surface area (Å²) < 4.78 is 11.3. The Morgan fingerprint density at radius 3 is 2.20 bits per heavy atom. The molecule has 2 aliphatic carbocycles. The van der Waals surface area contributed by atoms with Gasteiger partial charge in [0.05, 0.1) is 32.3 Å². The van der Waals surface area contributed by atoms with Gasteiger partial charge in [0, 0.05) is 10.0 Å². The number of hydrogen-bond acceptors (Lipinski definition) is 5. The molecule has 1 heterocycles. The van der Waals surface area contributed by atoms with Gasteiger partial charge in [-0.1, -0.05) is 12.2 Å². The summed E-state index contributed by atoms with van der Waals surface area (Å²) in [6, 6.07) is 3.50. The number of allylic oxidation sites excluding steroid dienone is 2. The lowest BCUT2D eigenvalue weighted by molar-refractivity contribution is -0.140. The lowest BCUT2D eigenvalue weighted by Gasteiger charge is -2.13. The third-order valence-electron chi connectivity index (χ3n) is 5.26. The van der Waals surface area contributed by atoms with E-state index in [0.717, 1.165) is 15.9 Å². The standard InChI is InChI=1S/C18H17BrN2O4/c1-24-13-6-11(12(19)7-14(13)25-2)8-20-21-17(22)15-9-3-4-10(5-9)16(15)18(21)23/h3-4,6-10,15-16H,5H2,1-2H3/t9-,10-,15-,16+/m0/s1. The lowest BCUT2D eigenvalue weighted by atomic mass is 9.85. The number of imide groups is 1. The van der Waals surface area contributed by atoms with Crippen LogP contribution in [0.15, 0.2) is 33.9 Å². The minimum absolute atomic E-state index is 0.180. The second-order valence-corrected chi connectivity index (χ2v) is 7.32. The maximum Gasteiger partial charge on any atom is 0.254 e. The fraction of sp³-hybridized carbons (Fsp3) is 0.389. The summed E-state index contributed by atoms with van der Waals surface area (Å²) in [5.74, 6) is 0.614. The van der Waals surface area contributed by atoms with Crippen molar-refractivity contribution in [2.45, 2.75) is 6.42 Å². The fourth-order valence-corrected chi connectivity index (χ4v) is 4.51. The quantitative estimate of drug-likeness (QED) is 0.439. The maximum absolute atomic E-state index is 12.6. The third-order valence-corrected chi connectivity index (χ3v) is 5.95. The van der Waals surface area contributed by atoms with Gasteiger partial charge in [-0.15, -0.1) is 0 Å². The van der Waals surface area contributed by atoms with Gasteiger partial charge in [-0.25, -0.2) is 0 Å². The van der Waals surface area contributed by atoms with E-state index < -0.39 is 0 Å². The third kappa shape index (κ3) is 2.40. The van der Waals surface area contributed by atoms with E-state index in [1.54, 1.807) is 26.4 Å². The van der Waals surface area contributed by atoms with Gasteiger partial charge in [-0.2, -0.15) is 10.1 Å². The molecule has 4 rings (SSSR count). The molecule has 0 N–H and O–H groups in total. The summed E-state index contributed by atoms with van der Waals surface area (Å²) >= 11 is 3.44. The van der Waals surface area contributed by atoms with E-state index in [2.05, 4.69) is 33.2 Å². The molecule has 0 aromatic heterocycles. The molecule has 1 saturated carbocycles. The summed E-state index contributed by atoms with van der Waals surface area (Å²) in [5, 5.41) is 5.21. The number of nitrogens with zero attached hydrogens (tertiary/aromatic N) is 2. The van der Waals surface area contributed by atoms with Crippen LogP contribution in [0.25, 0.3) is 0 Å². The molecule has 130 valence electrons. The Morgan fingerprint density at radius 2 is 1.64 bits per heavy atom. The van der Waals surface area contributed by atoms with Crippen molar-refractivity contribution in [2.75, 3.05) is 14.2 Å². The Hall–Kier alpha value is -2.15. The van der Waals surface area contributed by atoms with Crippen LogP contribution in [-0.2, 0) is 9.59 Å². The predicted molar refractivity (Wildman–Crippen MR) is 94.4 cm³/mol. The Labute approximate surface area is 153 Å². The normalized spacial score (nSPS) is 29.8. The molecule has 2 fully saturated rings. The van der Waals surface area contributed by atoms with Crippen LogP contribution < -0.4 is 9.47 Å². The topological polar surface area (TPSA) is 68.2 Å². The number of hydrogen-bond donors (Lipinski definition) is 0. The molecule has 4 atom stereocenters. The predicted octanol–water partition coefficient (Wildman–Crippen LogP) is 2.61. The smallest absolute Gasteiger partial charge is 0.254 e. The van der Waals surface area contributed by atoms with Gasteiger partial charge in [0.1, 0.15) is 0 Å². The van der Waals surface area contributed by atoms with Crippen LogP contribution >= 0.6 is 15.9 Å². The highest BCUT2D eigenvalue weighted by atomic mass is 79.9. The second-order valence-electron chi connectivity index (χ2n) is 6.46. The van der Waals surface area contributed by atoms with Gasteiger partial charge < -0.3 is 9.47 Å². The van der Waals surface area contributed by atoms with Gasteiger partial charge in [-0.05, 0) is 46.3 Å². The SMILES string of the molecule is COc1cc(Br)c(C=NN2C(=O)[C@@H]3[C@H](C2=O)[C@H]2C=C[C@H]3C2)cc1OC. The molecule has 1 aliphatic heterocycles. The number of hydrazone groups is 1. The molecular weight excluding hydrogens is 388 g/mol. The molecule has 0 spiro atoms. The highest BCUT2D eigenvalue weighted by Gasteiger charge is 2.59. The highest BCUT2D eigenvalue weighted by molar-refractivity contribution is 9.10. The van der Waals surface area contributed by atoms with E-state index >= 15 is 0 Å². The molecule has 0 radical (unpaired) electrons. The molecule has 2 amide bonds. The molecular formula is C18H17BrN2O4. The van der Waals surface area contributed by atoms with Crippen molar-refractivity contribution in [3.8, 4) is 11.5 Å². The molecule has 25 heavy (non-hydrogen) atoms. The first-order valence-corrected chi connectivity index (χ1v) is 8.86. The minimum atomic E-state index is -0.242. The first-order chi connectivity index (χ1) is 12.0. The molecule has 1 aromatic carbocycles. The number of halogens is 1. The molecule has 3 aliphatic rings. The second kappa shape index (κ2) is 5.98. The average Bonchev–Trinajstić information content (AvgIpc) is 3.28. The number of benzene rings is 1. The van der Waals surface area contributed by atoms with Crippen molar-refractivity contribution in [1.29, 1.82) is 0 Å². The van der Waals surface area contributed by atoms with Gasteiger partial charge in [0.2, 0.25) is 0 Å². The van der Waals surface area contributed by atoms with E-state index in [1.165, 1.54) is 6.21 Å². The van der Waals surface area contributed by atoms with Crippen molar-refractivity contribution < 1.29 is 19.1 Å². The lowest BCUT2D eigenvalue weighted by Crippen LogP contribution is -2.28. The van der Waals surface area contributed by atoms with Gasteiger partial charge in [0.15, 0.2) is 11.5 Å². The van der Waals surface area contributed by atoms with E-state index in [-0.39, 0.29) is 35.5 Å². The van der Waals surface area contributed by atoms with Crippen molar-refractivity contribution in [1.82, 2.24) is 5.01 Å². The van der Waals surface area contributed by atoms with Gasteiger partial charge in [-0.3, -0.25) is 9.59 Å². The molecule has 7 heteroatoms. The zero-order chi connectivity index (χ0) is 17.7. The summed E-state index contributed by atoms with van der Waals surface area (Å²) in [4.78, 5) is 25.2. The molecule has 6 nitrogen and oxygen atoms in total. The first kappa shape index (κ1) is 16.3. The highest BCUT2D eigenvalue weighted by Crippen LogP contribution is 2.52. The Kier molecular flexibility index (Phi) is 3.91. The van der Waals surface area contributed by atoms with Crippen molar-refractivity contribution >= 4 is 34.0 Å². The molecule has 1 aromatic rings. The summed E-state index contributed by atoms with van der Waals surface area (Å²) in [6.45, 7) is 0. The van der Waals surface area contributed by atoms with Crippen molar-refractivity contribution in [3.05, 3.63) is 34.3 Å². The van der Waals surface area contributed by atoms with Gasteiger partial charge in [0.25, 0.3) is 11.8 Å². The number of rotatable bonds is 4. The largest absolute Gasteiger partial charge is 0.493 e. The summed E-state index contributed by atoms with van der Waals surface area (Å²) in [5.41, 5.74) is 0.691. The van der Waals surface area contributed by atoms with Crippen molar-refractivity contribution in [3.63, 3.8) is 0 Å². The van der Waals surface area contributed by atoms with Crippen LogP contribution in [0.1, 0.15) is 12.0 Å². The van der Waals surface area contributed by atoms with Crippen LogP contribution in [0.2, 0.25) is 0 Å². The average molecular weight is 405 g/mol. The maximum atomic E-state index is 12.6. The van der Waals surface area contributed by atoms with Crippen LogP contribution in [0, 0.1) is 23.7 Å². The first-order valence-electron chi connectivity index (χ1n) is 8.06. The Morgan fingerprint density at radius 1 is 1.08 bits per heavy atom. The van der Waals surface area contributed by atoms with Crippen LogP contribution in [0.5, 0.6) is 11.5 Å². The number of fused-ring (bicyclic) bond motifs is 5. The van der Waals surface area contributed by atoms with Gasteiger partial charge >= 0.3 is 0 Å². The number of carbonyl (C=O) groups is 2. The zero-order valence-corrected chi connectivity index (χ0v) is 15.4. The van der Waals surface area contributed by atoms with Crippen LogP contribution in [0.3, 0.4) is 0 Å². The number of ether oxygens (including phenoxy) is 2. The van der Waals surface area contributed by atoms with Crippen LogP contribution in [0.4, 0.5) is 0 Å². The monoisotopic (exact) mass is 404 g/mol. The van der Waals surface area contributed by atoms with E-state index in [4.69, 9.17) is 9.47 Å². The fourth-order valence-electron chi connectivity index (χ4n) is 4.09.